The fourth-order valence-corrected chi connectivity index (χ4v) is 4.70. The summed E-state index contributed by atoms with van der Waals surface area (Å²) in [4.78, 5) is 42.5. The molecule has 8 nitrogen and oxygen atoms in total. The normalized spacial score (nSPS) is 20.1. The molecule has 2 saturated heterocycles. The predicted octanol–water partition coefficient (Wildman–Crippen LogP) is 2.10. The highest BCUT2D eigenvalue weighted by Crippen LogP contribution is 2.34. The quantitative estimate of drug-likeness (QED) is 0.587. The van der Waals surface area contributed by atoms with Crippen LogP contribution in [0.1, 0.15) is 16.8 Å². The van der Waals surface area contributed by atoms with Gasteiger partial charge in [-0.05, 0) is 30.7 Å². The zero-order valence-electron chi connectivity index (χ0n) is 16.3. The van der Waals surface area contributed by atoms with Gasteiger partial charge in [0.25, 0.3) is 11.5 Å². The van der Waals surface area contributed by atoms with Crippen molar-refractivity contribution in [3.8, 4) is 11.4 Å². The van der Waals surface area contributed by atoms with E-state index in [9.17, 15) is 9.59 Å². The summed E-state index contributed by atoms with van der Waals surface area (Å²) in [5.74, 6) is 0.651. The van der Waals surface area contributed by atoms with Gasteiger partial charge >= 0.3 is 0 Å². The van der Waals surface area contributed by atoms with E-state index in [1.165, 1.54) is 12.4 Å². The molecule has 4 heterocycles. The van der Waals surface area contributed by atoms with Crippen molar-refractivity contribution in [2.75, 3.05) is 18.0 Å². The molecule has 2 atom stereocenters. The molecule has 2 aliphatic heterocycles. The van der Waals surface area contributed by atoms with E-state index in [1.54, 1.807) is 23.9 Å². The summed E-state index contributed by atoms with van der Waals surface area (Å²) in [5.41, 5.74) is 1.68. The molecule has 0 N–H and O–H groups in total. The molecule has 9 heteroatoms. The Labute approximate surface area is 181 Å². The number of anilines is 1. The van der Waals surface area contributed by atoms with Crippen LogP contribution < -0.4 is 10.5 Å². The summed E-state index contributed by atoms with van der Waals surface area (Å²) in [5, 5.41) is 0. The number of hydrogen-bond donors (Lipinski definition) is 0. The molecule has 1 amide bonds. The number of fused-ring (bicyclic) bond motifs is 2. The average molecular weight is 467 g/mol. The molecule has 2 fully saturated rings. The fraction of sp³-hybridized carbons (Fsp3) is 0.286. The second-order valence-corrected chi connectivity index (χ2v) is 8.51. The Balaban J connectivity index is 1.42. The number of piperazine rings is 1. The number of carbonyl (C=O) groups excluding carboxylic acids is 1. The first-order chi connectivity index (χ1) is 14.5. The van der Waals surface area contributed by atoms with E-state index in [4.69, 9.17) is 4.98 Å². The summed E-state index contributed by atoms with van der Waals surface area (Å²) in [7, 11) is 1.73. The molecule has 1 aromatic carbocycles. The Morgan fingerprint density at radius 1 is 1.13 bits per heavy atom. The molecule has 0 saturated carbocycles. The second-order valence-electron chi connectivity index (χ2n) is 7.60. The van der Waals surface area contributed by atoms with Crippen molar-refractivity contribution in [2.45, 2.75) is 18.5 Å². The van der Waals surface area contributed by atoms with Crippen LogP contribution in [-0.2, 0) is 7.05 Å². The number of carbonyl (C=O) groups is 1. The molecular formula is C21H19BrN6O2. The lowest BCUT2D eigenvalue weighted by atomic mass is 10.2. The molecule has 3 aromatic rings. The highest BCUT2D eigenvalue weighted by atomic mass is 79.9. The van der Waals surface area contributed by atoms with Crippen LogP contribution in [0.4, 0.5) is 5.95 Å². The lowest BCUT2D eigenvalue weighted by Crippen LogP contribution is -2.50. The highest BCUT2D eigenvalue weighted by molar-refractivity contribution is 9.10. The summed E-state index contributed by atoms with van der Waals surface area (Å²) < 4.78 is 2.45. The van der Waals surface area contributed by atoms with Crippen LogP contribution in [-0.4, -0.2) is 55.5 Å². The third kappa shape index (κ3) is 3.19. The first-order valence-corrected chi connectivity index (χ1v) is 10.5. The van der Waals surface area contributed by atoms with Crippen molar-refractivity contribution in [1.82, 2.24) is 24.4 Å². The van der Waals surface area contributed by atoms with Gasteiger partial charge in [0.15, 0.2) is 0 Å². The Bertz CT molecular complexity index is 1180. The molecule has 2 bridgehead atoms. The number of benzene rings is 1. The number of amides is 1. The Hall–Kier alpha value is -3.07. The molecule has 30 heavy (non-hydrogen) atoms. The zero-order valence-corrected chi connectivity index (χ0v) is 17.9. The van der Waals surface area contributed by atoms with Crippen molar-refractivity contribution in [2.24, 2.45) is 7.05 Å². The maximum Gasteiger partial charge on any atom is 0.255 e. The fourth-order valence-electron chi connectivity index (χ4n) is 4.31. The van der Waals surface area contributed by atoms with Gasteiger partial charge in [-0.25, -0.2) is 15.0 Å². The van der Waals surface area contributed by atoms with E-state index in [0.717, 1.165) is 10.9 Å². The maximum atomic E-state index is 13.0. The summed E-state index contributed by atoms with van der Waals surface area (Å²) in [6.45, 7) is 1.27. The minimum atomic E-state index is -0.140. The molecule has 2 aromatic heterocycles. The smallest absolute Gasteiger partial charge is 0.255 e. The van der Waals surface area contributed by atoms with Gasteiger partial charge in [-0.15, -0.1) is 0 Å². The minimum absolute atomic E-state index is 0.0417. The van der Waals surface area contributed by atoms with Crippen LogP contribution in [0.25, 0.3) is 11.4 Å². The number of hydrogen-bond acceptors (Lipinski definition) is 6. The largest absolute Gasteiger partial charge is 0.335 e. The number of aromatic nitrogens is 4. The van der Waals surface area contributed by atoms with Gasteiger partial charge in [-0.2, -0.15) is 0 Å². The summed E-state index contributed by atoms with van der Waals surface area (Å²) in [6.07, 6.45) is 3.94. The van der Waals surface area contributed by atoms with Crippen LogP contribution in [0.3, 0.4) is 0 Å². The van der Waals surface area contributed by atoms with E-state index in [1.807, 2.05) is 29.2 Å². The zero-order chi connectivity index (χ0) is 20.8. The highest BCUT2D eigenvalue weighted by Gasteiger charge is 2.46. The lowest BCUT2D eigenvalue weighted by molar-refractivity contribution is 0.0725. The van der Waals surface area contributed by atoms with Crippen LogP contribution in [0, 0.1) is 0 Å². The second kappa shape index (κ2) is 7.32. The molecular weight excluding hydrogens is 448 g/mol. The van der Waals surface area contributed by atoms with Gasteiger partial charge in [-0.1, -0.05) is 22.0 Å². The molecule has 5 rings (SSSR count). The van der Waals surface area contributed by atoms with E-state index >= 15 is 0 Å². The van der Waals surface area contributed by atoms with Crippen LogP contribution in [0.2, 0.25) is 0 Å². The van der Waals surface area contributed by atoms with Gasteiger partial charge in [-0.3, -0.25) is 14.2 Å². The topological polar surface area (TPSA) is 84.2 Å². The molecule has 0 aliphatic carbocycles. The average Bonchev–Trinajstić information content (AvgIpc) is 3.36. The standard InChI is InChI=1S/C21H19BrN6O2/c1-26-19(29)9-18(17-5-6-23-12-24-17)25-21(26)28-11-15-8-16(28)10-27(15)20(30)13-3-2-4-14(22)7-13/h2-7,9,12,15-16H,8,10-11H2,1H3. The van der Waals surface area contributed by atoms with Crippen molar-refractivity contribution < 1.29 is 4.79 Å². The van der Waals surface area contributed by atoms with Crippen molar-refractivity contribution >= 4 is 27.8 Å². The van der Waals surface area contributed by atoms with Crippen LogP contribution in [0.5, 0.6) is 0 Å². The number of nitrogens with zero attached hydrogens (tertiary/aromatic N) is 6. The van der Waals surface area contributed by atoms with Crippen molar-refractivity contribution in [3.05, 3.63) is 69.3 Å². The Morgan fingerprint density at radius 2 is 2.00 bits per heavy atom. The van der Waals surface area contributed by atoms with Crippen LogP contribution >= 0.6 is 15.9 Å². The molecule has 2 aliphatic rings. The minimum Gasteiger partial charge on any atom is -0.335 e. The molecule has 0 radical (unpaired) electrons. The van der Waals surface area contributed by atoms with Crippen LogP contribution in [0.15, 0.2) is 58.2 Å². The van der Waals surface area contributed by atoms with Gasteiger partial charge in [0.1, 0.15) is 6.33 Å². The van der Waals surface area contributed by atoms with E-state index in [0.29, 0.717) is 36.0 Å². The Kier molecular flexibility index (Phi) is 4.62. The number of likely N-dealkylation sites (tertiary alicyclic amines) is 1. The molecule has 0 spiro atoms. The SMILES string of the molecule is Cn1c(N2CC3CC2CN3C(=O)c2cccc(Br)c2)nc(-c2ccncn2)cc1=O. The Morgan fingerprint density at radius 3 is 2.70 bits per heavy atom. The van der Waals surface area contributed by atoms with E-state index < -0.39 is 0 Å². The lowest BCUT2D eigenvalue weighted by Gasteiger charge is -2.35. The summed E-state index contributed by atoms with van der Waals surface area (Å²) >= 11 is 3.43. The molecule has 152 valence electrons. The van der Waals surface area contributed by atoms with Gasteiger partial charge in [0.05, 0.1) is 23.5 Å². The first kappa shape index (κ1) is 18.9. The van der Waals surface area contributed by atoms with Gasteiger partial charge in [0, 0.05) is 42.4 Å². The molecule has 2 unspecified atom stereocenters. The van der Waals surface area contributed by atoms with Crippen molar-refractivity contribution in [1.29, 1.82) is 0 Å². The summed E-state index contributed by atoms with van der Waals surface area (Å²) in [6, 6.07) is 10.9. The maximum absolute atomic E-state index is 13.0. The van der Waals surface area contributed by atoms with Gasteiger partial charge < -0.3 is 9.80 Å². The third-order valence-corrected chi connectivity index (χ3v) is 6.28. The predicted molar refractivity (Wildman–Crippen MR) is 115 cm³/mol. The van der Waals surface area contributed by atoms with E-state index in [2.05, 4.69) is 30.8 Å². The van der Waals surface area contributed by atoms with E-state index in [-0.39, 0.29) is 23.6 Å². The first-order valence-electron chi connectivity index (χ1n) is 9.69. The monoisotopic (exact) mass is 466 g/mol. The number of halogens is 1. The number of rotatable bonds is 3. The van der Waals surface area contributed by atoms with Crippen molar-refractivity contribution in [3.63, 3.8) is 0 Å². The third-order valence-electron chi connectivity index (χ3n) is 5.79. The van der Waals surface area contributed by atoms with Gasteiger partial charge in [0.2, 0.25) is 5.95 Å².